The van der Waals surface area contributed by atoms with Crippen molar-refractivity contribution in [2.45, 2.75) is 58.4 Å². The van der Waals surface area contributed by atoms with Gasteiger partial charge in [-0.3, -0.25) is 4.79 Å². The number of amides is 1. The molecule has 0 radical (unpaired) electrons. The summed E-state index contributed by atoms with van der Waals surface area (Å²) in [5.41, 5.74) is 2.92. The summed E-state index contributed by atoms with van der Waals surface area (Å²) in [5.74, 6) is 0.0810. The van der Waals surface area contributed by atoms with E-state index in [-0.39, 0.29) is 5.91 Å². The monoisotopic (exact) mass is 274 g/mol. The number of hydrogen-bond donors (Lipinski definition) is 2. The van der Waals surface area contributed by atoms with E-state index in [0.717, 1.165) is 36.2 Å². The molecule has 1 aromatic rings. The van der Waals surface area contributed by atoms with Gasteiger partial charge in [0.15, 0.2) is 0 Å². The fourth-order valence-corrected chi connectivity index (χ4v) is 2.92. The largest absolute Gasteiger partial charge is 0.385 e. The van der Waals surface area contributed by atoms with Crippen LogP contribution in [0.5, 0.6) is 0 Å². The minimum Gasteiger partial charge on any atom is -0.385 e. The van der Waals surface area contributed by atoms with Crippen LogP contribution < -0.4 is 10.6 Å². The molecule has 0 saturated heterocycles. The van der Waals surface area contributed by atoms with Crippen LogP contribution in [0.3, 0.4) is 0 Å². The van der Waals surface area contributed by atoms with Crippen molar-refractivity contribution in [3.8, 4) is 0 Å². The number of carbonyl (C=O) groups is 1. The van der Waals surface area contributed by atoms with Gasteiger partial charge in [0.25, 0.3) is 5.91 Å². The predicted octanol–water partition coefficient (Wildman–Crippen LogP) is 3.88. The van der Waals surface area contributed by atoms with Gasteiger partial charge in [0.05, 0.1) is 0 Å². The Balaban J connectivity index is 2.01. The first-order chi connectivity index (χ1) is 9.70. The molecule has 0 unspecified atom stereocenters. The molecule has 1 aliphatic rings. The highest BCUT2D eigenvalue weighted by atomic mass is 16.1. The van der Waals surface area contributed by atoms with Crippen molar-refractivity contribution in [3.05, 3.63) is 29.3 Å². The van der Waals surface area contributed by atoms with Crippen LogP contribution in [0.4, 0.5) is 5.69 Å². The topological polar surface area (TPSA) is 41.1 Å². The molecule has 0 spiro atoms. The van der Waals surface area contributed by atoms with E-state index in [1.807, 2.05) is 25.1 Å². The second-order valence-corrected chi connectivity index (χ2v) is 5.72. The first-order valence-electron chi connectivity index (χ1n) is 7.86. The Hall–Kier alpha value is -1.51. The Labute approximate surface area is 122 Å². The first-order valence-corrected chi connectivity index (χ1v) is 7.86. The highest BCUT2D eigenvalue weighted by Crippen LogP contribution is 2.19. The molecule has 1 fully saturated rings. The lowest BCUT2D eigenvalue weighted by Crippen LogP contribution is -2.34. The second-order valence-electron chi connectivity index (χ2n) is 5.72. The molecule has 0 aliphatic heterocycles. The summed E-state index contributed by atoms with van der Waals surface area (Å²) in [6, 6.07) is 6.32. The number of hydrogen-bond acceptors (Lipinski definition) is 2. The summed E-state index contributed by atoms with van der Waals surface area (Å²) < 4.78 is 0. The highest BCUT2D eigenvalue weighted by molar-refractivity contribution is 5.96. The fourth-order valence-electron chi connectivity index (χ4n) is 2.92. The van der Waals surface area contributed by atoms with E-state index in [0.29, 0.717) is 6.04 Å². The van der Waals surface area contributed by atoms with E-state index in [4.69, 9.17) is 0 Å². The molecule has 0 aromatic heterocycles. The molecular formula is C17H26N2O. The van der Waals surface area contributed by atoms with Gasteiger partial charge in [-0.05, 0) is 50.5 Å². The molecule has 1 aliphatic carbocycles. The van der Waals surface area contributed by atoms with Crippen molar-refractivity contribution >= 4 is 11.6 Å². The SMILES string of the molecule is CCNc1ccc(C(=O)NC2CCCCCC2)c(C)c1. The van der Waals surface area contributed by atoms with Crippen molar-refractivity contribution in [1.29, 1.82) is 0 Å². The average Bonchev–Trinajstić information content (AvgIpc) is 2.67. The van der Waals surface area contributed by atoms with Gasteiger partial charge in [0.2, 0.25) is 0 Å². The summed E-state index contributed by atoms with van der Waals surface area (Å²) in [5, 5.41) is 6.48. The van der Waals surface area contributed by atoms with Gasteiger partial charge in [-0.15, -0.1) is 0 Å². The lowest BCUT2D eigenvalue weighted by atomic mass is 10.0. The summed E-state index contributed by atoms with van der Waals surface area (Å²) in [4.78, 5) is 12.4. The lowest BCUT2D eigenvalue weighted by molar-refractivity contribution is 0.0933. The third-order valence-electron chi connectivity index (χ3n) is 4.04. The van der Waals surface area contributed by atoms with Crippen LogP contribution in [0.15, 0.2) is 18.2 Å². The van der Waals surface area contributed by atoms with Gasteiger partial charge in [-0.2, -0.15) is 0 Å². The van der Waals surface area contributed by atoms with E-state index in [9.17, 15) is 4.79 Å². The number of nitrogens with one attached hydrogen (secondary N) is 2. The molecule has 1 amide bonds. The van der Waals surface area contributed by atoms with E-state index < -0.39 is 0 Å². The van der Waals surface area contributed by atoms with Crippen LogP contribution in [-0.4, -0.2) is 18.5 Å². The maximum atomic E-state index is 12.4. The summed E-state index contributed by atoms with van der Waals surface area (Å²) >= 11 is 0. The Morgan fingerprint density at radius 1 is 1.20 bits per heavy atom. The third-order valence-corrected chi connectivity index (χ3v) is 4.04. The standard InChI is InChI=1S/C17H26N2O/c1-3-18-15-10-11-16(13(2)12-15)17(20)19-14-8-6-4-5-7-9-14/h10-12,14,18H,3-9H2,1-2H3,(H,19,20). The molecule has 2 rings (SSSR count). The average molecular weight is 274 g/mol. The predicted molar refractivity (Wildman–Crippen MR) is 84.3 cm³/mol. The van der Waals surface area contributed by atoms with Crippen LogP contribution in [0, 0.1) is 6.92 Å². The number of benzene rings is 1. The maximum absolute atomic E-state index is 12.4. The van der Waals surface area contributed by atoms with E-state index in [1.165, 1.54) is 25.7 Å². The third kappa shape index (κ3) is 3.99. The molecule has 20 heavy (non-hydrogen) atoms. The van der Waals surface area contributed by atoms with E-state index in [2.05, 4.69) is 17.6 Å². The molecule has 3 nitrogen and oxygen atoms in total. The Morgan fingerprint density at radius 3 is 2.50 bits per heavy atom. The molecule has 110 valence electrons. The van der Waals surface area contributed by atoms with Gasteiger partial charge < -0.3 is 10.6 Å². The molecule has 1 aromatic carbocycles. The van der Waals surface area contributed by atoms with E-state index in [1.54, 1.807) is 0 Å². The summed E-state index contributed by atoms with van der Waals surface area (Å²) in [6.45, 7) is 4.97. The van der Waals surface area contributed by atoms with Crippen LogP contribution in [0.1, 0.15) is 61.4 Å². The maximum Gasteiger partial charge on any atom is 0.251 e. The molecule has 3 heteroatoms. The quantitative estimate of drug-likeness (QED) is 0.818. The number of carbonyl (C=O) groups excluding carboxylic acids is 1. The molecule has 0 bridgehead atoms. The van der Waals surface area contributed by atoms with Gasteiger partial charge >= 0.3 is 0 Å². The van der Waals surface area contributed by atoms with Crippen LogP contribution in [0.2, 0.25) is 0 Å². The minimum absolute atomic E-state index is 0.0810. The summed E-state index contributed by atoms with van der Waals surface area (Å²) in [6.07, 6.45) is 7.35. The van der Waals surface area contributed by atoms with Gasteiger partial charge in [0, 0.05) is 23.8 Å². The van der Waals surface area contributed by atoms with Gasteiger partial charge in [-0.1, -0.05) is 25.7 Å². The highest BCUT2D eigenvalue weighted by Gasteiger charge is 2.16. The second kappa shape index (κ2) is 7.32. The number of anilines is 1. The van der Waals surface area contributed by atoms with Crippen molar-refractivity contribution in [1.82, 2.24) is 5.32 Å². The van der Waals surface area contributed by atoms with Crippen LogP contribution in [-0.2, 0) is 0 Å². The number of rotatable bonds is 4. The van der Waals surface area contributed by atoms with Crippen molar-refractivity contribution in [3.63, 3.8) is 0 Å². The van der Waals surface area contributed by atoms with Crippen molar-refractivity contribution in [2.75, 3.05) is 11.9 Å². The number of aryl methyl sites for hydroxylation is 1. The van der Waals surface area contributed by atoms with Crippen LogP contribution in [0.25, 0.3) is 0 Å². The lowest BCUT2D eigenvalue weighted by Gasteiger charge is -2.17. The minimum atomic E-state index is 0.0810. The zero-order chi connectivity index (χ0) is 14.4. The Kier molecular flexibility index (Phi) is 5.45. The van der Waals surface area contributed by atoms with Crippen molar-refractivity contribution in [2.24, 2.45) is 0 Å². The van der Waals surface area contributed by atoms with Gasteiger partial charge in [0.1, 0.15) is 0 Å². The molecule has 0 atom stereocenters. The Morgan fingerprint density at radius 2 is 1.90 bits per heavy atom. The Bertz CT molecular complexity index is 448. The normalized spacial score (nSPS) is 16.5. The molecule has 0 heterocycles. The van der Waals surface area contributed by atoms with Crippen LogP contribution >= 0.6 is 0 Å². The van der Waals surface area contributed by atoms with Gasteiger partial charge in [-0.25, -0.2) is 0 Å². The molecular weight excluding hydrogens is 248 g/mol. The summed E-state index contributed by atoms with van der Waals surface area (Å²) in [7, 11) is 0. The van der Waals surface area contributed by atoms with Crippen molar-refractivity contribution < 1.29 is 4.79 Å². The molecule has 1 saturated carbocycles. The smallest absolute Gasteiger partial charge is 0.251 e. The van der Waals surface area contributed by atoms with E-state index >= 15 is 0 Å². The molecule has 2 N–H and O–H groups in total. The zero-order valence-corrected chi connectivity index (χ0v) is 12.7. The fraction of sp³-hybridized carbons (Fsp3) is 0.588. The zero-order valence-electron chi connectivity index (χ0n) is 12.7. The first kappa shape index (κ1) is 14.9.